The van der Waals surface area contributed by atoms with Crippen LogP contribution in [0.3, 0.4) is 0 Å². The summed E-state index contributed by atoms with van der Waals surface area (Å²) in [6.45, 7) is 2.81. The van der Waals surface area contributed by atoms with Crippen LogP contribution in [0.5, 0.6) is 0 Å². The van der Waals surface area contributed by atoms with Crippen LogP contribution in [0.2, 0.25) is 0 Å². The minimum atomic E-state index is -1.79. The van der Waals surface area contributed by atoms with Crippen molar-refractivity contribution in [3.63, 3.8) is 0 Å². The topological polar surface area (TPSA) is 228 Å². The molecule has 0 saturated carbocycles. The molecule has 79 heavy (non-hydrogen) atoms. The van der Waals surface area contributed by atoms with Crippen molar-refractivity contribution in [2.75, 3.05) is 19.8 Å². The minimum Gasteiger partial charge on any atom is -0.394 e. The number of carbonyl (C=O) groups is 1. The third-order valence-corrected chi connectivity index (χ3v) is 16.1. The SMILES string of the molecule is CCCCCC/C=C\C/C=C\CCCCCCCCCC(=O)NC(COC1OC(CO)C(OC2OC(CO)C(O)C(O)C2O)C(O)C1O)C(O)/C=C/CCCCCCCCCCCCCCCCCCCCCCCCCCC. The van der Waals surface area contributed by atoms with Gasteiger partial charge in [0.15, 0.2) is 12.6 Å². The van der Waals surface area contributed by atoms with E-state index < -0.39 is 86.8 Å². The number of unbranched alkanes of at least 4 members (excludes halogenated alkanes) is 36. The lowest BCUT2D eigenvalue weighted by Gasteiger charge is -2.46. The fourth-order valence-corrected chi connectivity index (χ4v) is 10.8. The van der Waals surface area contributed by atoms with E-state index in [2.05, 4.69) is 43.5 Å². The van der Waals surface area contributed by atoms with Gasteiger partial charge in [0, 0.05) is 6.42 Å². The second-order valence-corrected chi connectivity index (χ2v) is 23.2. The van der Waals surface area contributed by atoms with Crippen LogP contribution in [0.15, 0.2) is 36.5 Å². The third-order valence-electron chi connectivity index (χ3n) is 16.1. The lowest BCUT2D eigenvalue weighted by molar-refractivity contribution is -0.359. The molecular weight excluding hydrogens is 1000 g/mol. The van der Waals surface area contributed by atoms with Crippen molar-refractivity contribution in [1.82, 2.24) is 5.32 Å². The summed E-state index contributed by atoms with van der Waals surface area (Å²) in [5.41, 5.74) is 0. The third kappa shape index (κ3) is 35.8. The summed E-state index contributed by atoms with van der Waals surface area (Å²) in [6, 6.07) is -0.919. The average molecular weight is 1120 g/mol. The minimum absolute atomic E-state index is 0.245. The van der Waals surface area contributed by atoms with Gasteiger partial charge in [0.1, 0.15) is 48.8 Å². The van der Waals surface area contributed by atoms with Crippen molar-refractivity contribution in [3.05, 3.63) is 36.5 Å². The molecule has 2 fully saturated rings. The molecule has 0 spiro atoms. The van der Waals surface area contributed by atoms with Crippen LogP contribution in [0.4, 0.5) is 0 Å². The lowest BCUT2D eigenvalue weighted by Crippen LogP contribution is -2.65. The van der Waals surface area contributed by atoms with Crippen LogP contribution in [0.25, 0.3) is 0 Å². The van der Waals surface area contributed by atoms with Crippen molar-refractivity contribution in [3.8, 4) is 0 Å². The molecule has 0 aromatic rings. The molecule has 2 aliphatic heterocycles. The number of nitrogens with one attached hydrogen (secondary N) is 1. The first-order valence-electron chi connectivity index (χ1n) is 32.7. The highest BCUT2D eigenvalue weighted by atomic mass is 16.7. The van der Waals surface area contributed by atoms with E-state index in [1.165, 1.54) is 193 Å². The molecule has 12 atom stereocenters. The number of carbonyl (C=O) groups excluding carboxylic acids is 1. The van der Waals surface area contributed by atoms with Gasteiger partial charge in [-0.25, -0.2) is 0 Å². The molecule has 0 bridgehead atoms. The van der Waals surface area contributed by atoms with Crippen LogP contribution in [0.1, 0.15) is 277 Å². The Kier molecular flexibility index (Phi) is 47.0. The normalized spacial score (nSPS) is 24.6. The molecule has 0 radical (unpaired) electrons. The van der Waals surface area contributed by atoms with Gasteiger partial charge in [-0.3, -0.25) is 4.79 Å². The molecular formula is C65H121NO13. The molecule has 2 heterocycles. The number of amides is 1. The largest absolute Gasteiger partial charge is 0.394 e. The van der Waals surface area contributed by atoms with Crippen molar-refractivity contribution in [2.45, 2.75) is 351 Å². The van der Waals surface area contributed by atoms with E-state index in [0.29, 0.717) is 6.42 Å². The number of ether oxygens (including phenoxy) is 4. The summed E-state index contributed by atoms with van der Waals surface area (Å²) in [5.74, 6) is -0.245. The second kappa shape index (κ2) is 50.7. The van der Waals surface area contributed by atoms with Crippen molar-refractivity contribution in [2.24, 2.45) is 0 Å². The van der Waals surface area contributed by atoms with Crippen LogP contribution in [0, 0.1) is 0 Å². The smallest absolute Gasteiger partial charge is 0.220 e. The summed E-state index contributed by atoms with van der Waals surface area (Å²) < 4.78 is 22.8. The van der Waals surface area contributed by atoms with Gasteiger partial charge in [-0.1, -0.05) is 256 Å². The predicted molar refractivity (Wildman–Crippen MR) is 318 cm³/mol. The maximum absolute atomic E-state index is 13.3. The van der Waals surface area contributed by atoms with E-state index in [4.69, 9.17) is 18.9 Å². The maximum Gasteiger partial charge on any atom is 0.220 e. The fraction of sp³-hybridized carbons (Fsp3) is 0.892. The second-order valence-electron chi connectivity index (χ2n) is 23.2. The molecule has 14 heteroatoms. The predicted octanol–water partition coefficient (Wildman–Crippen LogP) is 12.2. The number of hydrogen-bond donors (Lipinski definition) is 9. The molecule has 0 aromatic heterocycles. The number of aliphatic hydroxyl groups is 8. The maximum atomic E-state index is 13.3. The van der Waals surface area contributed by atoms with Gasteiger partial charge in [0.05, 0.1) is 32.0 Å². The molecule has 2 aliphatic rings. The Morgan fingerprint density at radius 2 is 0.835 bits per heavy atom. The van der Waals surface area contributed by atoms with Gasteiger partial charge in [-0.05, 0) is 51.4 Å². The molecule has 9 N–H and O–H groups in total. The van der Waals surface area contributed by atoms with E-state index >= 15 is 0 Å². The zero-order chi connectivity index (χ0) is 57.4. The zero-order valence-corrected chi connectivity index (χ0v) is 50.1. The van der Waals surface area contributed by atoms with Gasteiger partial charge in [-0.15, -0.1) is 0 Å². The van der Waals surface area contributed by atoms with Gasteiger partial charge in [-0.2, -0.15) is 0 Å². The summed E-state index contributed by atoms with van der Waals surface area (Å²) in [7, 11) is 0. The number of allylic oxidation sites excluding steroid dienone is 5. The standard InChI is InChI=1S/C65H121NO13/c1-3-5-7-9-11-13-15-17-19-21-23-24-25-26-27-28-29-30-31-32-34-36-38-40-42-44-46-48-54(69)53(66-57(70)49-47-45-43-41-39-37-35-33-22-20-18-16-14-12-10-8-6-4-2)52-76-64-62(75)60(73)63(56(51-68)78-64)79-65-61(74)59(72)58(71)55(50-67)77-65/h14,16,20,22,46,48,53-56,58-65,67-69,71-75H,3-13,15,17-19,21,23-45,47,49-52H2,1-2H3,(H,66,70)/b16-14-,22-20-,48-46+. The van der Waals surface area contributed by atoms with Crippen molar-refractivity contribution in [1.29, 1.82) is 0 Å². The molecule has 0 aliphatic carbocycles. The quantitative estimate of drug-likeness (QED) is 0.0204. The van der Waals surface area contributed by atoms with Crippen LogP contribution in [-0.2, 0) is 23.7 Å². The highest BCUT2D eigenvalue weighted by Crippen LogP contribution is 2.30. The van der Waals surface area contributed by atoms with E-state index in [1.54, 1.807) is 6.08 Å². The Morgan fingerprint density at radius 1 is 0.456 bits per heavy atom. The van der Waals surface area contributed by atoms with Crippen molar-refractivity contribution < 1.29 is 64.6 Å². The van der Waals surface area contributed by atoms with E-state index in [-0.39, 0.29) is 18.9 Å². The molecule has 2 rings (SSSR count). The van der Waals surface area contributed by atoms with Gasteiger partial charge in [0.25, 0.3) is 0 Å². The first kappa shape index (κ1) is 73.3. The number of hydrogen-bond acceptors (Lipinski definition) is 13. The molecule has 2 saturated heterocycles. The van der Waals surface area contributed by atoms with Gasteiger partial charge in [0.2, 0.25) is 5.91 Å². The van der Waals surface area contributed by atoms with E-state index in [0.717, 1.165) is 57.8 Å². The summed E-state index contributed by atoms with van der Waals surface area (Å²) in [6.07, 6.45) is 46.2. The Balaban J connectivity index is 1.71. The van der Waals surface area contributed by atoms with Gasteiger partial charge >= 0.3 is 0 Å². The molecule has 0 aromatic carbocycles. The zero-order valence-electron chi connectivity index (χ0n) is 50.1. The van der Waals surface area contributed by atoms with Crippen LogP contribution >= 0.6 is 0 Å². The molecule has 14 nitrogen and oxygen atoms in total. The van der Waals surface area contributed by atoms with E-state index in [1.807, 2.05) is 6.08 Å². The highest BCUT2D eigenvalue weighted by molar-refractivity contribution is 5.76. The molecule has 464 valence electrons. The Bertz CT molecular complexity index is 1460. The van der Waals surface area contributed by atoms with Crippen LogP contribution < -0.4 is 5.32 Å². The van der Waals surface area contributed by atoms with E-state index in [9.17, 15) is 45.6 Å². The molecule has 12 unspecified atom stereocenters. The summed E-state index contributed by atoms with van der Waals surface area (Å²) >= 11 is 0. The Hall–Kier alpha value is -1.79. The Morgan fingerprint density at radius 3 is 1.28 bits per heavy atom. The van der Waals surface area contributed by atoms with Crippen LogP contribution in [-0.4, -0.2) is 140 Å². The Labute approximate surface area is 481 Å². The first-order chi connectivity index (χ1) is 38.6. The first-order valence-corrected chi connectivity index (χ1v) is 32.7. The lowest BCUT2D eigenvalue weighted by atomic mass is 9.97. The fourth-order valence-electron chi connectivity index (χ4n) is 10.8. The average Bonchev–Trinajstić information content (AvgIpc) is 3.46. The number of rotatable bonds is 53. The highest BCUT2D eigenvalue weighted by Gasteiger charge is 2.51. The monoisotopic (exact) mass is 1120 g/mol. The number of aliphatic hydroxyl groups excluding tert-OH is 8. The molecule has 1 amide bonds. The summed E-state index contributed by atoms with van der Waals surface area (Å²) in [4.78, 5) is 13.3. The van der Waals surface area contributed by atoms with Gasteiger partial charge < -0.3 is 65.1 Å². The summed E-state index contributed by atoms with van der Waals surface area (Å²) in [5, 5.41) is 87.3. The van der Waals surface area contributed by atoms with Crippen molar-refractivity contribution >= 4 is 5.91 Å².